The normalized spacial score (nSPS) is 16.3. The van der Waals surface area contributed by atoms with E-state index in [1.807, 2.05) is 31.2 Å². The summed E-state index contributed by atoms with van der Waals surface area (Å²) in [4.78, 5) is 16.8. The molecule has 0 bridgehead atoms. The molecule has 1 fully saturated rings. The van der Waals surface area contributed by atoms with E-state index in [0.717, 1.165) is 25.4 Å². The number of benzene rings is 1. The molecule has 1 aliphatic heterocycles. The highest BCUT2D eigenvalue weighted by atomic mass is 32.2. The topological polar surface area (TPSA) is 105 Å². The van der Waals surface area contributed by atoms with Gasteiger partial charge in [-0.3, -0.25) is 9.69 Å². The SMILES string of the molecule is CCOc1ccc(CN2CCN(C(=O)[C@H](C)NS(=O)(=O)c3c(C)noc3C)CC2)cc1. The van der Waals surface area contributed by atoms with E-state index in [1.54, 1.807) is 18.7 Å². The van der Waals surface area contributed by atoms with E-state index >= 15 is 0 Å². The number of aryl methyl sites for hydroxylation is 2. The fourth-order valence-electron chi connectivity index (χ4n) is 3.72. The zero-order chi connectivity index (χ0) is 22.6. The maximum absolute atomic E-state index is 12.8. The Kier molecular flexibility index (Phi) is 7.34. The second-order valence-electron chi connectivity index (χ2n) is 7.67. The van der Waals surface area contributed by atoms with E-state index < -0.39 is 16.1 Å². The standard InChI is InChI=1S/C21H30N4O5S/c1-5-29-19-8-6-18(7-9-19)14-24-10-12-25(13-11-24)21(26)16(3)23-31(27,28)20-15(2)22-30-17(20)4/h6-9,16,23H,5,10-14H2,1-4H3/t16-/m0/s1. The maximum atomic E-state index is 12.8. The van der Waals surface area contributed by atoms with E-state index in [-0.39, 0.29) is 22.3 Å². The van der Waals surface area contributed by atoms with Gasteiger partial charge < -0.3 is 14.2 Å². The predicted octanol–water partition coefficient (Wildman–Crippen LogP) is 1.70. The molecule has 3 rings (SSSR count). The van der Waals surface area contributed by atoms with Crippen LogP contribution in [0.3, 0.4) is 0 Å². The van der Waals surface area contributed by atoms with Crippen LogP contribution in [0.25, 0.3) is 0 Å². The van der Waals surface area contributed by atoms with Crippen molar-refractivity contribution in [3.8, 4) is 5.75 Å². The number of piperazine rings is 1. The number of carbonyl (C=O) groups excluding carboxylic acids is 1. The van der Waals surface area contributed by atoms with Crippen LogP contribution in [0, 0.1) is 13.8 Å². The number of hydrogen-bond acceptors (Lipinski definition) is 7. The molecule has 10 heteroatoms. The molecule has 2 heterocycles. The minimum atomic E-state index is -3.89. The minimum absolute atomic E-state index is 0.00711. The molecule has 170 valence electrons. The van der Waals surface area contributed by atoms with Gasteiger partial charge in [-0.2, -0.15) is 4.72 Å². The van der Waals surface area contributed by atoms with Crippen LogP contribution in [0.5, 0.6) is 5.75 Å². The number of amides is 1. The average Bonchev–Trinajstić information content (AvgIpc) is 3.08. The van der Waals surface area contributed by atoms with Crippen LogP contribution in [0.1, 0.15) is 30.9 Å². The number of ether oxygens (including phenoxy) is 1. The van der Waals surface area contributed by atoms with Crippen molar-refractivity contribution in [1.82, 2.24) is 19.7 Å². The number of rotatable bonds is 8. The monoisotopic (exact) mass is 450 g/mol. The molecular formula is C21H30N4O5S. The number of nitrogens with zero attached hydrogens (tertiary/aromatic N) is 3. The molecule has 31 heavy (non-hydrogen) atoms. The Morgan fingerprint density at radius 3 is 2.39 bits per heavy atom. The molecule has 1 atom stereocenters. The van der Waals surface area contributed by atoms with E-state index in [9.17, 15) is 13.2 Å². The summed E-state index contributed by atoms with van der Waals surface area (Å²) in [6, 6.07) is 7.15. The Morgan fingerprint density at radius 1 is 1.19 bits per heavy atom. The lowest BCUT2D eigenvalue weighted by molar-refractivity contribution is -0.134. The van der Waals surface area contributed by atoms with Crippen LogP contribution in [0.2, 0.25) is 0 Å². The van der Waals surface area contributed by atoms with E-state index in [1.165, 1.54) is 12.5 Å². The third-order valence-electron chi connectivity index (χ3n) is 5.26. The second kappa shape index (κ2) is 9.80. The Hall–Kier alpha value is -2.43. The molecule has 1 amide bonds. The van der Waals surface area contributed by atoms with Gasteiger partial charge in [0, 0.05) is 32.7 Å². The second-order valence-corrected chi connectivity index (χ2v) is 9.33. The molecule has 0 unspecified atom stereocenters. The first-order valence-electron chi connectivity index (χ1n) is 10.4. The first-order valence-corrected chi connectivity index (χ1v) is 11.9. The fraction of sp³-hybridized carbons (Fsp3) is 0.524. The Morgan fingerprint density at radius 2 is 1.84 bits per heavy atom. The van der Waals surface area contributed by atoms with Gasteiger partial charge in [-0.1, -0.05) is 17.3 Å². The Bertz CT molecular complexity index is 976. The fourth-order valence-corrected chi connectivity index (χ4v) is 5.24. The van der Waals surface area contributed by atoms with Crippen molar-refractivity contribution in [2.75, 3.05) is 32.8 Å². The lowest BCUT2D eigenvalue weighted by Gasteiger charge is -2.36. The van der Waals surface area contributed by atoms with Crippen LogP contribution < -0.4 is 9.46 Å². The lowest BCUT2D eigenvalue weighted by atomic mass is 10.2. The predicted molar refractivity (Wildman–Crippen MR) is 115 cm³/mol. The summed E-state index contributed by atoms with van der Waals surface area (Å²) in [5, 5.41) is 3.68. The zero-order valence-electron chi connectivity index (χ0n) is 18.4. The van der Waals surface area contributed by atoms with Crippen LogP contribution in [-0.4, -0.2) is 68.1 Å². The molecule has 0 spiro atoms. The van der Waals surface area contributed by atoms with Crippen molar-refractivity contribution in [1.29, 1.82) is 0 Å². The number of carbonyl (C=O) groups is 1. The molecule has 0 radical (unpaired) electrons. The highest BCUT2D eigenvalue weighted by molar-refractivity contribution is 7.89. The van der Waals surface area contributed by atoms with Crippen molar-refractivity contribution >= 4 is 15.9 Å². The largest absolute Gasteiger partial charge is 0.494 e. The van der Waals surface area contributed by atoms with Gasteiger partial charge in [0.1, 0.15) is 16.3 Å². The minimum Gasteiger partial charge on any atom is -0.494 e. The van der Waals surface area contributed by atoms with Crippen molar-refractivity contribution in [3.05, 3.63) is 41.3 Å². The molecule has 1 aliphatic rings. The molecule has 1 N–H and O–H groups in total. The van der Waals surface area contributed by atoms with Crippen molar-refractivity contribution in [2.45, 2.75) is 45.2 Å². The smallest absolute Gasteiger partial charge is 0.246 e. The van der Waals surface area contributed by atoms with Gasteiger partial charge in [0.15, 0.2) is 5.76 Å². The molecular weight excluding hydrogens is 420 g/mol. The average molecular weight is 451 g/mol. The van der Waals surface area contributed by atoms with Gasteiger partial charge in [-0.15, -0.1) is 0 Å². The summed E-state index contributed by atoms with van der Waals surface area (Å²) in [6.07, 6.45) is 0. The van der Waals surface area contributed by atoms with Gasteiger partial charge in [0.05, 0.1) is 12.6 Å². The first-order chi connectivity index (χ1) is 14.7. The van der Waals surface area contributed by atoms with E-state index in [2.05, 4.69) is 14.8 Å². The first kappa shape index (κ1) is 23.2. The van der Waals surface area contributed by atoms with Gasteiger partial charge in [0.2, 0.25) is 15.9 Å². The third-order valence-corrected chi connectivity index (χ3v) is 7.05. The number of aromatic nitrogens is 1. The summed E-state index contributed by atoms with van der Waals surface area (Å²) in [5.41, 5.74) is 1.45. The zero-order valence-corrected chi connectivity index (χ0v) is 19.2. The molecule has 1 aromatic heterocycles. The Balaban J connectivity index is 1.52. The number of hydrogen-bond donors (Lipinski definition) is 1. The van der Waals surface area contributed by atoms with Gasteiger partial charge >= 0.3 is 0 Å². The molecule has 0 saturated carbocycles. The Labute approximate surface area is 183 Å². The number of sulfonamides is 1. The van der Waals surface area contributed by atoms with Crippen LogP contribution >= 0.6 is 0 Å². The van der Waals surface area contributed by atoms with Crippen LogP contribution in [0.4, 0.5) is 0 Å². The van der Waals surface area contributed by atoms with Crippen LogP contribution in [0.15, 0.2) is 33.7 Å². The summed E-state index contributed by atoms with van der Waals surface area (Å²) < 4.78 is 38.2. The van der Waals surface area contributed by atoms with Gasteiger partial charge in [-0.05, 0) is 45.4 Å². The summed E-state index contributed by atoms with van der Waals surface area (Å²) in [5.74, 6) is 0.818. The maximum Gasteiger partial charge on any atom is 0.246 e. The molecule has 0 aliphatic carbocycles. The summed E-state index contributed by atoms with van der Waals surface area (Å²) in [7, 11) is -3.89. The third kappa shape index (κ3) is 5.63. The quantitative estimate of drug-likeness (QED) is 0.653. The lowest BCUT2D eigenvalue weighted by Crippen LogP contribution is -2.53. The van der Waals surface area contributed by atoms with Crippen molar-refractivity contribution in [3.63, 3.8) is 0 Å². The van der Waals surface area contributed by atoms with Crippen molar-refractivity contribution in [2.24, 2.45) is 0 Å². The van der Waals surface area contributed by atoms with Crippen molar-refractivity contribution < 1.29 is 22.5 Å². The number of nitrogens with one attached hydrogen (secondary N) is 1. The van der Waals surface area contributed by atoms with Crippen LogP contribution in [-0.2, 0) is 21.4 Å². The highest BCUT2D eigenvalue weighted by Gasteiger charge is 2.31. The molecule has 1 saturated heterocycles. The molecule has 2 aromatic rings. The molecule has 1 aromatic carbocycles. The molecule has 9 nitrogen and oxygen atoms in total. The summed E-state index contributed by atoms with van der Waals surface area (Å²) in [6.45, 7) is 10.6. The summed E-state index contributed by atoms with van der Waals surface area (Å²) >= 11 is 0. The highest BCUT2D eigenvalue weighted by Crippen LogP contribution is 2.19. The van der Waals surface area contributed by atoms with E-state index in [0.29, 0.717) is 19.7 Å². The van der Waals surface area contributed by atoms with E-state index in [4.69, 9.17) is 9.26 Å². The van der Waals surface area contributed by atoms with Gasteiger partial charge in [0.25, 0.3) is 0 Å². The van der Waals surface area contributed by atoms with Gasteiger partial charge in [-0.25, -0.2) is 8.42 Å².